The maximum atomic E-state index is 10.1. The number of carbonyl (C=O) groups is 1. The summed E-state index contributed by atoms with van der Waals surface area (Å²) in [5, 5.41) is 8.31. The summed E-state index contributed by atoms with van der Waals surface area (Å²) in [6.07, 6.45) is 1.32. The van der Waals surface area contributed by atoms with E-state index in [0.29, 0.717) is 0 Å². The molecule has 1 N–H and O–H groups in total. The first kappa shape index (κ1) is 5.75. The number of pyridine rings is 1. The molecule has 0 aliphatic rings. The van der Waals surface area contributed by atoms with Crippen LogP contribution in [0.15, 0.2) is 18.3 Å². The van der Waals surface area contributed by atoms with Crippen molar-refractivity contribution in [2.75, 3.05) is 0 Å². The molecule has 0 fully saturated rings. The van der Waals surface area contributed by atoms with Crippen molar-refractivity contribution in [3.63, 3.8) is 0 Å². The number of aromatic carboxylic acids is 1. The van der Waals surface area contributed by atoms with Gasteiger partial charge in [-0.1, -0.05) is 6.07 Å². The Kier molecular flexibility index (Phi) is 1.44. The Morgan fingerprint density at radius 3 is 2.89 bits per heavy atom. The molecule has 0 bridgehead atoms. The molecule has 0 aliphatic heterocycles. The topological polar surface area (TPSA) is 50.2 Å². The number of aromatic nitrogens is 1. The summed E-state index contributed by atoms with van der Waals surface area (Å²) in [7, 11) is 0. The molecule has 0 saturated heterocycles. The summed E-state index contributed by atoms with van der Waals surface area (Å²) < 4.78 is 0. The highest BCUT2D eigenvalue weighted by atomic mass is 16.4. The lowest BCUT2D eigenvalue weighted by Gasteiger charge is -1.86. The molecular weight excluding hydrogens is 118 g/mol. The maximum absolute atomic E-state index is 10.1. The summed E-state index contributed by atoms with van der Waals surface area (Å²) in [5.41, 5.74) is 0.0498. The van der Waals surface area contributed by atoms with Crippen molar-refractivity contribution in [3.05, 3.63) is 30.1 Å². The SMILES string of the molecule is O=C(O)c1cc[c]cn1. The van der Waals surface area contributed by atoms with Gasteiger partial charge in [-0.2, -0.15) is 0 Å². The first-order valence-corrected chi connectivity index (χ1v) is 2.36. The average Bonchev–Trinajstić information content (AvgIpc) is 1.90. The summed E-state index contributed by atoms with van der Waals surface area (Å²) in [4.78, 5) is 13.6. The normalized spacial score (nSPS) is 8.89. The number of hydrogen-bond acceptors (Lipinski definition) is 2. The molecule has 0 atom stereocenters. The number of carboxylic acid groups (broad SMARTS) is 1. The zero-order valence-corrected chi connectivity index (χ0v) is 4.53. The van der Waals surface area contributed by atoms with Crippen molar-refractivity contribution in [2.45, 2.75) is 0 Å². The zero-order valence-electron chi connectivity index (χ0n) is 4.53. The van der Waals surface area contributed by atoms with Crippen LogP contribution in [0.2, 0.25) is 0 Å². The maximum Gasteiger partial charge on any atom is 0.354 e. The highest BCUT2D eigenvalue weighted by Gasteiger charge is 1.99. The van der Waals surface area contributed by atoms with Crippen molar-refractivity contribution in [3.8, 4) is 0 Å². The molecule has 3 nitrogen and oxygen atoms in total. The van der Waals surface area contributed by atoms with Crippen LogP contribution in [-0.4, -0.2) is 16.1 Å². The van der Waals surface area contributed by atoms with E-state index in [-0.39, 0.29) is 5.69 Å². The van der Waals surface area contributed by atoms with Gasteiger partial charge >= 0.3 is 5.97 Å². The van der Waals surface area contributed by atoms with E-state index >= 15 is 0 Å². The summed E-state index contributed by atoms with van der Waals surface area (Å²) >= 11 is 0. The minimum atomic E-state index is -1.01. The molecule has 0 spiro atoms. The highest BCUT2D eigenvalue weighted by molar-refractivity contribution is 5.84. The molecule has 0 aliphatic carbocycles. The van der Waals surface area contributed by atoms with Crippen LogP contribution in [0, 0.1) is 6.07 Å². The smallest absolute Gasteiger partial charge is 0.354 e. The van der Waals surface area contributed by atoms with Crippen LogP contribution in [0.25, 0.3) is 0 Å². The third-order valence-electron chi connectivity index (χ3n) is 0.835. The molecule has 0 saturated carbocycles. The van der Waals surface area contributed by atoms with Crippen molar-refractivity contribution >= 4 is 5.97 Å². The van der Waals surface area contributed by atoms with E-state index in [1.54, 1.807) is 0 Å². The van der Waals surface area contributed by atoms with E-state index in [0.717, 1.165) is 0 Å². The fourth-order valence-corrected chi connectivity index (χ4v) is 0.446. The van der Waals surface area contributed by atoms with Gasteiger partial charge in [0.05, 0.1) is 0 Å². The van der Waals surface area contributed by atoms with E-state index in [1.807, 2.05) is 0 Å². The molecule has 1 aromatic heterocycles. The van der Waals surface area contributed by atoms with E-state index in [9.17, 15) is 4.79 Å². The second-order valence-corrected chi connectivity index (χ2v) is 1.45. The van der Waals surface area contributed by atoms with Gasteiger partial charge < -0.3 is 5.11 Å². The van der Waals surface area contributed by atoms with Gasteiger partial charge in [0.2, 0.25) is 0 Å². The van der Waals surface area contributed by atoms with Gasteiger partial charge in [0.25, 0.3) is 0 Å². The highest BCUT2D eigenvalue weighted by Crippen LogP contribution is 1.89. The molecular formula is C6H4NO2. The third-order valence-corrected chi connectivity index (χ3v) is 0.835. The van der Waals surface area contributed by atoms with Crippen LogP contribution >= 0.6 is 0 Å². The van der Waals surface area contributed by atoms with Crippen LogP contribution in [-0.2, 0) is 0 Å². The first-order chi connectivity index (χ1) is 4.30. The zero-order chi connectivity index (χ0) is 6.69. The lowest BCUT2D eigenvalue weighted by molar-refractivity contribution is 0.0690. The molecule has 1 aromatic rings. The van der Waals surface area contributed by atoms with E-state index in [2.05, 4.69) is 11.1 Å². The summed E-state index contributed by atoms with van der Waals surface area (Å²) in [6, 6.07) is 5.51. The van der Waals surface area contributed by atoms with Gasteiger partial charge in [-0.15, -0.1) is 0 Å². The van der Waals surface area contributed by atoms with Gasteiger partial charge in [-0.3, -0.25) is 0 Å². The third kappa shape index (κ3) is 1.25. The Hall–Kier alpha value is -1.38. The van der Waals surface area contributed by atoms with Gasteiger partial charge in [-0.25, -0.2) is 9.78 Å². The summed E-state index contributed by atoms with van der Waals surface area (Å²) in [6.45, 7) is 0. The number of carboxylic acids is 1. The van der Waals surface area contributed by atoms with Crippen molar-refractivity contribution in [1.82, 2.24) is 4.98 Å². The molecule has 9 heavy (non-hydrogen) atoms. The van der Waals surface area contributed by atoms with E-state index in [1.165, 1.54) is 18.3 Å². The van der Waals surface area contributed by atoms with Crippen molar-refractivity contribution in [1.29, 1.82) is 0 Å². The Labute approximate surface area is 52.0 Å². The minimum absolute atomic E-state index is 0.0498. The van der Waals surface area contributed by atoms with Crippen LogP contribution in [0.1, 0.15) is 10.5 Å². The van der Waals surface area contributed by atoms with E-state index in [4.69, 9.17) is 5.11 Å². The molecule has 3 heteroatoms. The molecule has 1 heterocycles. The molecule has 45 valence electrons. The Balaban J connectivity index is 2.98. The summed E-state index contributed by atoms with van der Waals surface area (Å²) in [5.74, 6) is -1.01. The predicted octanol–water partition coefficient (Wildman–Crippen LogP) is 0.580. The van der Waals surface area contributed by atoms with Crippen LogP contribution in [0.5, 0.6) is 0 Å². The van der Waals surface area contributed by atoms with Crippen molar-refractivity contribution < 1.29 is 9.90 Å². The second kappa shape index (κ2) is 2.26. The Morgan fingerprint density at radius 2 is 2.56 bits per heavy atom. The molecule has 1 rings (SSSR count). The second-order valence-electron chi connectivity index (χ2n) is 1.45. The molecule has 0 aromatic carbocycles. The Morgan fingerprint density at radius 1 is 1.78 bits per heavy atom. The number of nitrogens with zero attached hydrogens (tertiary/aromatic N) is 1. The Bertz CT molecular complexity index is 208. The fourth-order valence-electron chi connectivity index (χ4n) is 0.446. The first-order valence-electron chi connectivity index (χ1n) is 2.36. The monoisotopic (exact) mass is 122 g/mol. The lowest BCUT2D eigenvalue weighted by Crippen LogP contribution is -1.97. The lowest BCUT2D eigenvalue weighted by atomic mass is 10.4. The predicted molar refractivity (Wildman–Crippen MR) is 30.0 cm³/mol. The minimum Gasteiger partial charge on any atom is -0.477 e. The van der Waals surface area contributed by atoms with Crippen molar-refractivity contribution in [2.24, 2.45) is 0 Å². The number of rotatable bonds is 1. The average molecular weight is 122 g/mol. The fraction of sp³-hybridized carbons (Fsp3) is 0. The van der Waals surface area contributed by atoms with E-state index < -0.39 is 5.97 Å². The van der Waals surface area contributed by atoms with Gasteiger partial charge in [0.1, 0.15) is 5.69 Å². The van der Waals surface area contributed by atoms with Gasteiger partial charge in [-0.05, 0) is 6.07 Å². The largest absolute Gasteiger partial charge is 0.477 e. The van der Waals surface area contributed by atoms with Gasteiger partial charge in [0, 0.05) is 12.3 Å². The molecule has 1 radical (unpaired) electrons. The molecule has 0 unspecified atom stereocenters. The van der Waals surface area contributed by atoms with Crippen LogP contribution in [0.4, 0.5) is 0 Å². The quantitative estimate of drug-likeness (QED) is 0.592. The van der Waals surface area contributed by atoms with Gasteiger partial charge in [0.15, 0.2) is 0 Å². The molecule has 0 amide bonds. The van der Waals surface area contributed by atoms with Crippen LogP contribution in [0.3, 0.4) is 0 Å². The standard InChI is InChI=1S/C6H4NO2/c8-6(9)5-3-1-2-4-7-5/h1,3-4H,(H,8,9). The van der Waals surface area contributed by atoms with Crippen LogP contribution < -0.4 is 0 Å². The number of hydrogen-bond donors (Lipinski definition) is 1.